The van der Waals surface area contributed by atoms with Gasteiger partial charge in [0.2, 0.25) is 5.13 Å². The summed E-state index contributed by atoms with van der Waals surface area (Å²) in [6.45, 7) is 4.19. The van der Waals surface area contributed by atoms with Crippen LogP contribution in [-0.4, -0.2) is 52.1 Å². The van der Waals surface area contributed by atoms with Gasteiger partial charge >= 0.3 is 0 Å². The number of aryl methyl sites for hydroxylation is 1. The second-order valence-corrected chi connectivity index (χ2v) is 6.32. The number of aromatic nitrogens is 2. The van der Waals surface area contributed by atoms with E-state index in [1.54, 1.807) is 17.0 Å². The summed E-state index contributed by atoms with van der Waals surface area (Å²) >= 11 is 1.52. The largest absolute Gasteiger partial charge is 0.343 e. The van der Waals surface area contributed by atoms with Crippen molar-refractivity contribution in [2.45, 2.75) is 6.92 Å². The highest BCUT2D eigenvalue weighted by Crippen LogP contribution is 2.23. The highest BCUT2D eigenvalue weighted by molar-refractivity contribution is 7.15. The van der Waals surface area contributed by atoms with Gasteiger partial charge in [-0.25, -0.2) is 0 Å². The molecule has 1 saturated heterocycles. The minimum atomic E-state index is -0.520. The Bertz CT molecular complexity index is 740. The Morgan fingerprint density at radius 3 is 2.52 bits per heavy atom. The average Bonchev–Trinajstić information content (AvgIpc) is 3.01. The maximum Gasteiger partial charge on any atom is 0.282 e. The Hall–Kier alpha value is -2.55. The predicted octanol–water partition coefficient (Wildman–Crippen LogP) is 1.72. The molecule has 3 rings (SSSR count). The van der Waals surface area contributed by atoms with Gasteiger partial charge in [0.05, 0.1) is 4.92 Å². The first-order valence-electron chi connectivity index (χ1n) is 7.14. The number of hydrogen-bond acceptors (Lipinski definition) is 7. The molecule has 120 valence electrons. The highest BCUT2D eigenvalue weighted by Gasteiger charge is 2.27. The van der Waals surface area contributed by atoms with Crippen molar-refractivity contribution >= 4 is 28.1 Å². The molecule has 0 aliphatic carbocycles. The smallest absolute Gasteiger partial charge is 0.282 e. The summed E-state index contributed by atoms with van der Waals surface area (Å²) in [6.07, 6.45) is 0. The van der Waals surface area contributed by atoms with E-state index in [0.717, 1.165) is 10.1 Å². The molecule has 1 amide bonds. The second kappa shape index (κ2) is 6.29. The molecule has 8 nitrogen and oxygen atoms in total. The van der Waals surface area contributed by atoms with E-state index in [1.165, 1.54) is 23.5 Å². The molecule has 1 fully saturated rings. The van der Waals surface area contributed by atoms with Gasteiger partial charge in [-0.2, -0.15) is 0 Å². The van der Waals surface area contributed by atoms with Crippen molar-refractivity contribution in [3.8, 4) is 0 Å². The molecule has 0 N–H and O–H groups in total. The van der Waals surface area contributed by atoms with Crippen LogP contribution in [0, 0.1) is 17.0 Å². The van der Waals surface area contributed by atoms with Crippen LogP contribution in [0.15, 0.2) is 24.3 Å². The molecule has 0 saturated carbocycles. The van der Waals surface area contributed by atoms with Crippen molar-refractivity contribution in [1.29, 1.82) is 0 Å². The fraction of sp³-hybridized carbons (Fsp3) is 0.357. The molecule has 0 atom stereocenters. The van der Waals surface area contributed by atoms with Crippen molar-refractivity contribution < 1.29 is 9.72 Å². The first-order valence-corrected chi connectivity index (χ1v) is 7.95. The number of amides is 1. The topological polar surface area (TPSA) is 92.5 Å². The number of nitrogens with zero attached hydrogens (tertiary/aromatic N) is 5. The van der Waals surface area contributed by atoms with E-state index in [9.17, 15) is 14.9 Å². The van der Waals surface area contributed by atoms with E-state index in [1.807, 2.05) is 6.92 Å². The number of piperazine rings is 1. The standard InChI is InChI=1S/C14H15N5O3S/c1-10-15-16-14(23-10)18-8-6-17(7-9-18)13(20)11-4-2-3-5-12(11)19(21)22/h2-5H,6-9H2,1H3. The zero-order valence-corrected chi connectivity index (χ0v) is 13.3. The van der Waals surface area contributed by atoms with Gasteiger partial charge < -0.3 is 9.80 Å². The molecule has 23 heavy (non-hydrogen) atoms. The van der Waals surface area contributed by atoms with Crippen molar-refractivity contribution in [3.05, 3.63) is 45.0 Å². The predicted molar refractivity (Wildman–Crippen MR) is 85.9 cm³/mol. The summed E-state index contributed by atoms with van der Waals surface area (Å²) in [5.74, 6) is -0.301. The lowest BCUT2D eigenvalue weighted by molar-refractivity contribution is -0.385. The molecule has 0 spiro atoms. The van der Waals surface area contributed by atoms with Gasteiger partial charge in [0.15, 0.2) is 0 Å². The fourth-order valence-corrected chi connectivity index (χ4v) is 3.24. The molecular formula is C14H15N5O3S. The van der Waals surface area contributed by atoms with Gasteiger partial charge in [-0.15, -0.1) is 10.2 Å². The number of carbonyl (C=O) groups excluding carboxylic acids is 1. The van der Waals surface area contributed by atoms with Crippen LogP contribution in [0.4, 0.5) is 10.8 Å². The first-order chi connectivity index (χ1) is 11.1. The van der Waals surface area contributed by atoms with E-state index < -0.39 is 4.92 Å². The third-order valence-electron chi connectivity index (χ3n) is 3.68. The Labute approximate surface area is 136 Å². The molecule has 2 heterocycles. The summed E-state index contributed by atoms with van der Waals surface area (Å²) in [5, 5.41) is 20.9. The third-order valence-corrected chi connectivity index (χ3v) is 4.58. The Kier molecular flexibility index (Phi) is 4.20. The molecule has 0 bridgehead atoms. The lowest BCUT2D eigenvalue weighted by Gasteiger charge is -2.34. The fourth-order valence-electron chi connectivity index (χ4n) is 2.50. The average molecular weight is 333 g/mol. The number of para-hydroxylation sites is 1. The monoisotopic (exact) mass is 333 g/mol. The van der Waals surface area contributed by atoms with E-state index in [0.29, 0.717) is 26.2 Å². The quantitative estimate of drug-likeness (QED) is 0.627. The van der Waals surface area contributed by atoms with Crippen LogP contribution in [0.5, 0.6) is 0 Å². The van der Waals surface area contributed by atoms with Gasteiger partial charge in [0, 0.05) is 32.2 Å². The van der Waals surface area contributed by atoms with Crippen molar-refractivity contribution in [2.24, 2.45) is 0 Å². The van der Waals surface area contributed by atoms with E-state index >= 15 is 0 Å². The third kappa shape index (κ3) is 3.14. The van der Waals surface area contributed by atoms with Crippen molar-refractivity contribution in [3.63, 3.8) is 0 Å². The number of nitro benzene ring substituents is 1. The first kappa shape index (κ1) is 15.3. The zero-order chi connectivity index (χ0) is 16.4. The Morgan fingerprint density at radius 2 is 1.91 bits per heavy atom. The summed E-state index contributed by atoms with van der Waals surface area (Å²) in [6, 6.07) is 6.06. The number of nitro groups is 1. The van der Waals surface area contributed by atoms with Crippen LogP contribution in [0.1, 0.15) is 15.4 Å². The number of benzene rings is 1. The molecule has 1 aromatic heterocycles. The van der Waals surface area contributed by atoms with Gasteiger partial charge in [0.1, 0.15) is 10.6 Å². The lowest BCUT2D eigenvalue weighted by atomic mass is 10.1. The Balaban J connectivity index is 1.70. The Morgan fingerprint density at radius 1 is 1.22 bits per heavy atom. The van der Waals surface area contributed by atoms with Crippen LogP contribution in [0.2, 0.25) is 0 Å². The van der Waals surface area contributed by atoms with Gasteiger partial charge in [0.25, 0.3) is 11.6 Å². The molecule has 0 radical (unpaired) electrons. The number of hydrogen-bond donors (Lipinski definition) is 0. The summed E-state index contributed by atoms with van der Waals surface area (Å²) in [5.41, 5.74) is -0.0163. The van der Waals surface area contributed by atoms with E-state index in [4.69, 9.17) is 0 Å². The van der Waals surface area contributed by atoms with Crippen LogP contribution >= 0.6 is 11.3 Å². The zero-order valence-electron chi connectivity index (χ0n) is 12.5. The molecule has 9 heteroatoms. The van der Waals surface area contributed by atoms with Crippen molar-refractivity contribution in [1.82, 2.24) is 15.1 Å². The summed E-state index contributed by atoms with van der Waals surface area (Å²) < 4.78 is 0. The molecule has 1 aliphatic heterocycles. The van der Waals surface area contributed by atoms with Gasteiger partial charge in [-0.1, -0.05) is 23.5 Å². The van der Waals surface area contributed by atoms with Crippen LogP contribution < -0.4 is 4.90 Å². The van der Waals surface area contributed by atoms with Crippen LogP contribution in [0.3, 0.4) is 0 Å². The maximum atomic E-state index is 12.5. The molecule has 0 unspecified atom stereocenters. The number of rotatable bonds is 3. The second-order valence-electron chi connectivity index (χ2n) is 5.16. The molecule has 1 aliphatic rings. The molecular weight excluding hydrogens is 318 g/mol. The molecule has 1 aromatic carbocycles. The van der Waals surface area contributed by atoms with Crippen LogP contribution in [0.25, 0.3) is 0 Å². The summed E-state index contributed by atoms with van der Waals surface area (Å²) in [4.78, 5) is 26.8. The van der Waals surface area contributed by atoms with E-state index in [-0.39, 0.29) is 17.2 Å². The SMILES string of the molecule is Cc1nnc(N2CCN(C(=O)c3ccccc3[N+](=O)[O-])CC2)s1. The number of anilines is 1. The minimum absolute atomic E-state index is 0.137. The molecule has 2 aromatic rings. The van der Waals surface area contributed by atoms with E-state index in [2.05, 4.69) is 15.1 Å². The lowest BCUT2D eigenvalue weighted by Crippen LogP contribution is -2.48. The minimum Gasteiger partial charge on any atom is -0.343 e. The number of carbonyl (C=O) groups is 1. The highest BCUT2D eigenvalue weighted by atomic mass is 32.1. The summed E-state index contributed by atoms with van der Waals surface area (Å²) in [7, 11) is 0. The van der Waals surface area contributed by atoms with Gasteiger partial charge in [-0.05, 0) is 13.0 Å². The van der Waals surface area contributed by atoms with Gasteiger partial charge in [-0.3, -0.25) is 14.9 Å². The van der Waals surface area contributed by atoms with Crippen LogP contribution in [-0.2, 0) is 0 Å². The van der Waals surface area contributed by atoms with Crippen molar-refractivity contribution in [2.75, 3.05) is 31.1 Å². The maximum absolute atomic E-state index is 12.5. The normalized spacial score (nSPS) is 14.8.